The van der Waals surface area contributed by atoms with Crippen LogP contribution in [0, 0.1) is 10.8 Å². The maximum absolute atomic E-state index is 14.1. The number of anilines is 4. The van der Waals surface area contributed by atoms with Gasteiger partial charge in [0.1, 0.15) is 46.6 Å². The van der Waals surface area contributed by atoms with Crippen molar-refractivity contribution in [2.45, 2.75) is 76.2 Å². The van der Waals surface area contributed by atoms with E-state index in [-0.39, 0.29) is 32.7 Å². The third kappa shape index (κ3) is 15.3. The third-order valence-electron chi connectivity index (χ3n) is 14.8. The summed E-state index contributed by atoms with van der Waals surface area (Å²) in [5, 5.41) is 26.1. The third-order valence-corrected chi connectivity index (χ3v) is 15.3. The van der Waals surface area contributed by atoms with E-state index in [1.165, 1.54) is 60.4 Å². The second-order valence-electron chi connectivity index (χ2n) is 20.8. The molecule has 2 aliphatic carbocycles. The summed E-state index contributed by atoms with van der Waals surface area (Å²) >= 11 is 12.2. The van der Waals surface area contributed by atoms with E-state index in [2.05, 4.69) is 20.1 Å². The maximum atomic E-state index is 14.1. The van der Waals surface area contributed by atoms with Gasteiger partial charge in [0.05, 0.1) is 50.6 Å². The lowest BCUT2D eigenvalue weighted by Crippen LogP contribution is -2.37. The van der Waals surface area contributed by atoms with Crippen molar-refractivity contribution < 1.29 is 84.2 Å². The second kappa shape index (κ2) is 24.9. The van der Waals surface area contributed by atoms with Crippen LogP contribution in [-0.4, -0.2) is 87.2 Å². The quantitative estimate of drug-likeness (QED) is 0.0469. The van der Waals surface area contributed by atoms with Gasteiger partial charge in [-0.2, -0.15) is 0 Å². The maximum Gasteiger partial charge on any atom is 0.573 e. The Hall–Kier alpha value is -8.24. The molecule has 16 nitrogen and oxygen atoms in total. The van der Waals surface area contributed by atoms with Gasteiger partial charge in [-0.1, -0.05) is 59.6 Å². The molecule has 0 aromatic heterocycles. The fraction of sp³-hybridized carbons (Fsp3) is 0.333. The summed E-state index contributed by atoms with van der Waals surface area (Å²) in [6.45, 7) is 0.949. The van der Waals surface area contributed by atoms with Crippen molar-refractivity contribution in [2.24, 2.45) is 10.8 Å². The lowest BCUT2D eigenvalue weighted by molar-refractivity contribution is -0.275. The van der Waals surface area contributed by atoms with Crippen molar-refractivity contribution in [3.8, 4) is 34.5 Å². The summed E-state index contributed by atoms with van der Waals surface area (Å²) in [5.41, 5.74) is 3.09. The predicted molar refractivity (Wildman–Crippen MR) is 299 cm³/mol. The number of ether oxygens (including phenoxy) is 6. The number of carboxylic acid groups (broad SMARTS) is 2. The van der Waals surface area contributed by atoms with Gasteiger partial charge in [-0.3, -0.25) is 19.2 Å². The molecule has 444 valence electrons. The van der Waals surface area contributed by atoms with Gasteiger partial charge in [0.15, 0.2) is 0 Å². The number of aliphatic carboxylic acids is 2. The summed E-state index contributed by atoms with van der Waals surface area (Å²) in [5.74, 6) is -1.61. The summed E-state index contributed by atoms with van der Waals surface area (Å²) in [4.78, 5) is 53.7. The molecule has 4 aliphatic rings. The number of methoxy groups -OCH3 is 2. The minimum atomic E-state index is -4.87. The Morgan fingerprint density at radius 1 is 0.571 bits per heavy atom. The number of alkyl halides is 6. The molecule has 10 rings (SSSR count). The Labute approximate surface area is 488 Å². The van der Waals surface area contributed by atoms with Gasteiger partial charge in [0.25, 0.3) is 11.8 Å². The highest BCUT2D eigenvalue weighted by molar-refractivity contribution is 6.30. The van der Waals surface area contributed by atoms with Gasteiger partial charge < -0.3 is 59.1 Å². The number of hydrogen-bond acceptors (Lipinski definition) is 12. The zero-order chi connectivity index (χ0) is 60.1. The number of carbonyl (C=O) groups is 4. The SMILES string of the molecule is COc1cc(NC(C(=O)N2CCc3ccc(OC(F)(F)F)cc32)c2ccc(Cl)cc2)cc(OCC2(CC(=O)O)CC2)c1.COc1cc(NC(C(=O)N2CCc3ccc(OC(F)(F)F)cc32)c2ccc(Cl)cc2)cc(OCCC2(C(=O)O)CC2)c1. The molecule has 2 heterocycles. The monoisotopic (exact) mass is 1210 g/mol. The van der Waals surface area contributed by atoms with E-state index in [1.54, 1.807) is 84.9 Å². The standard InChI is InChI=1S/2C30H28ClF3N2O6/c1-40-23-14-21(15-24(16-23)41-13-11-29(9-10-29)28(38)39)35-26(19-2-5-20(31)6-3-19)27(37)36-12-8-18-4-7-22(17-25(18)36)42-30(32,33)34;1-40-23-12-21(13-24(14-23)41-17-29(9-10-29)16-26(37)38)35-27(19-2-5-20(31)6-3-19)28(39)36-11-8-18-4-7-22(15-25(18)36)42-30(32,33)34/h2-7,14-17,26,35H,8-13H2,1H3,(H,38,39);2-7,12-15,27,35H,8-11,16-17H2,1H3,(H,37,38). The molecule has 24 heteroatoms. The van der Waals surface area contributed by atoms with Crippen LogP contribution in [0.1, 0.15) is 72.9 Å². The second-order valence-corrected chi connectivity index (χ2v) is 21.6. The van der Waals surface area contributed by atoms with Crippen LogP contribution in [0.2, 0.25) is 10.0 Å². The van der Waals surface area contributed by atoms with Crippen molar-refractivity contribution in [1.82, 2.24) is 0 Å². The van der Waals surface area contributed by atoms with Gasteiger partial charge in [-0.05, 0) is 104 Å². The number of benzene rings is 6. The first-order valence-corrected chi connectivity index (χ1v) is 27.2. The number of amides is 2. The fourth-order valence-electron chi connectivity index (χ4n) is 10.0. The number of rotatable bonds is 22. The Bertz CT molecular complexity index is 3400. The lowest BCUT2D eigenvalue weighted by atomic mass is 10.0. The number of carboxylic acids is 2. The van der Waals surface area contributed by atoms with Crippen LogP contribution in [0.4, 0.5) is 49.1 Å². The van der Waals surface area contributed by atoms with Crippen LogP contribution >= 0.6 is 23.2 Å². The smallest absolute Gasteiger partial charge is 0.497 e. The first kappa shape index (κ1) is 60.4. The van der Waals surface area contributed by atoms with E-state index in [0.717, 1.165) is 24.0 Å². The topological polar surface area (TPSA) is 195 Å². The molecule has 2 amide bonds. The average Bonchev–Trinajstić information content (AvgIpc) is 2.57. The molecular weight excluding hydrogens is 1150 g/mol. The highest BCUT2D eigenvalue weighted by Crippen LogP contribution is 2.50. The van der Waals surface area contributed by atoms with Crippen LogP contribution in [-0.2, 0) is 32.0 Å². The molecule has 0 radical (unpaired) electrons. The van der Waals surface area contributed by atoms with E-state index >= 15 is 0 Å². The summed E-state index contributed by atoms with van der Waals surface area (Å²) in [6, 6.07) is 29.4. The fourth-order valence-corrected chi connectivity index (χ4v) is 10.3. The minimum Gasteiger partial charge on any atom is -0.497 e. The largest absolute Gasteiger partial charge is 0.573 e. The summed E-state index contributed by atoms with van der Waals surface area (Å²) in [6.07, 6.45) is -5.67. The molecule has 2 unspecified atom stereocenters. The molecule has 84 heavy (non-hydrogen) atoms. The van der Waals surface area contributed by atoms with Gasteiger partial charge in [0, 0.05) is 88.5 Å². The molecule has 6 aromatic rings. The van der Waals surface area contributed by atoms with E-state index in [4.69, 9.17) is 42.1 Å². The van der Waals surface area contributed by atoms with E-state index in [9.17, 15) is 55.7 Å². The summed E-state index contributed by atoms with van der Waals surface area (Å²) in [7, 11) is 2.97. The van der Waals surface area contributed by atoms with Crippen molar-refractivity contribution in [1.29, 1.82) is 0 Å². The zero-order valence-electron chi connectivity index (χ0n) is 45.1. The molecule has 0 bridgehead atoms. The minimum absolute atomic E-state index is 0.0161. The van der Waals surface area contributed by atoms with E-state index in [1.807, 2.05) is 0 Å². The van der Waals surface area contributed by atoms with Crippen LogP contribution in [0.3, 0.4) is 0 Å². The molecule has 0 saturated heterocycles. The molecule has 6 aromatic carbocycles. The van der Waals surface area contributed by atoms with E-state index in [0.29, 0.717) is 99.0 Å². The molecule has 2 atom stereocenters. The van der Waals surface area contributed by atoms with Crippen LogP contribution in [0.15, 0.2) is 121 Å². The van der Waals surface area contributed by atoms with Crippen LogP contribution < -0.4 is 48.9 Å². The van der Waals surface area contributed by atoms with Crippen molar-refractivity contribution in [2.75, 3.05) is 61.0 Å². The Morgan fingerprint density at radius 3 is 1.38 bits per heavy atom. The van der Waals surface area contributed by atoms with Crippen molar-refractivity contribution >= 4 is 69.7 Å². The average molecular weight is 1210 g/mol. The van der Waals surface area contributed by atoms with Gasteiger partial charge in [0.2, 0.25) is 0 Å². The van der Waals surface area contributed by atoms with Crippen LogP contribution in [0.5, 0.6) is 34.5 Å². The summed E-state index contributed by atoms with van der Waals surface area (Å²) < 4.78 is 108. The van der Waals surface area contributed by atoms with Gasteiger partial charge >= 0.3 is 24.7 Å². The molecular formula is C60H56Cl2F6N4O12. The highest BCUT2D eigenvalue weighted by atomic mass is 35.5. The first-order chi connectivity index (χ1) is 39.9. The number of fused-ring (bicyclic) bond motifs is 2. The number of hydrogen-bond donors (Lipinski definition) is 4. The number of halogens is 8. The molecule has 2 aliphatic heterocycles. The number of nitrogens with zero attached hydrogens (tertiary/aromatic N) is 2. The lowest BCUT2D eigenvalue weighted by Gasteiger charge is -2.27. The van der Waals surface area contributed by atoms with Crippen LogP contribution in [0.25, 0.3) is 0 Å². The number of nitrogens with one attached hydrogen (secondary N) is 2. The first-order valence-electron chi connectivity index (χ1n) is 26.4. The predicted octanol–water partition coefficient (Wildman–Crippen LogP) is 13.2. The zero-order valence-corrected chi connectivity index (χ0v) is 46.6. The Kier molecular flexibility index (Phi) is 17.9. The molecule has 4 N–H and O–H groups in total. The normalized spacial score (nSPS) is 15.9. The Morgan fingerprint density at radius 2 is 1.00 bits per heavy atom. The molecule has 0 spiro atoms. The van der Waals surface area contributed by atoms with E-state index < -0.39 is 70.9 Å². The van der Waals surface area contributed by atoms with Gasteiger partial charge in [-0.15, -0.1) is 26.3 Å². The Balaban J connectivity index is 0.000000202. The highest BCUT2D eigenvalue weighted by Gasteiger charge is 2.50. The van der Waals surface area contributed by atoms with Crippen molar-refractivity contribution in [3.05, 3.63) is 154 Å². The number of carbonyl (C=O) groups excluding carboxylic acids is 2. The van der Waals surface area contributed by atoms with Gasteiger partial charge in [-0.25, -0.2) is 0 Å². The van der Waals surface area contributed by atoms with Crippen molar-refractivity contribution in [3.63, 3.8) is 0 Å². The molecule has 2 saturated carbocycles. The molecule has 2 fully saturated rings.